The Balaban J connectivity index is 1.79. The van der Waals surface area contributed by atoms with Crippen molar-refractivity contribution in [3.05, 3.63) is 60.2 Å². The van der Waals surface area contributed by atoms with Crippen LogP contribution in [-0.4, -0.2) is 42.6 Å². The molecule has 0 aliphatic rings. The molecule has 2 aromatic carbocycles. The van der Waals surface area contributed by atoms with E-state index in [1.54, 1.807) is 0 Å². The summed E-state index contributed by atoms with van der Waals surface area (Å²) in [5.41, 5.74) is 0.801. The second-order valence-electron chi connectivity index (χ2n) is 6.49. The maximum atomic E-state index is 13.4. The normalized spacial score (nSPS) is 11.7. The first-order valence-electron chi connectivity index (χ1n) is 8.97. The van der Waals surface area contributed by atoms with E-state index in [4.69, 9.17) is 4.74 Å². The minimum Gasteiger partial charge on any atom is -0.496 e. The maximum absolute atomic E-state index is 13.4. The molecule has 0 radical (unpaired) electrons. The number of carbonyl (C=O) groups is 1. The summed E-state index contributed by atoms with van der Waals surface area (Å²) in [5.74, 6) is -3.55. The first-order chi connectivity index (χ1) is 15.5. The fourth-order valence-electron chi connectivity index (χ4n) is 2.66. The molecule has 1 heterocycles. The van der Waals surface area contributed by atoms with Crippen LogP contribution in [0.1, 0.15) is 5.56 Å². The van der Waals surface area contributed by atoms with Crippen molar-refractivity contribution < 1.29 is 35.5 Å². The van der Waals surface area contributed by atoms with Crippen molar-refractivity contribution in [2.24, 2.45) is 0 Å². The van der Waals surface area contributed by atoms with Gasteiger partial charge in [0.05, 0.1) is 18.4 Å². The molecule has 1 amide bonds. The predicted molar refractivity (Wildman–Crippen MR) is 108 cm³/mol. The van der Waals surface area contributed by atoms with Crippen LogP contribution in [0.3, 0.4) is 0 Å². The fourth-order valence-corrected chi connectivity index (χ4v) is 3.75. The molecule has 0 saturated carbocycles. The second kappa shape index (κ2) is 9.36. The summed E-state index contributed by atoms with van der Waals surface area (Å²) in [6.45, 7) is 0. The lowest BCUT2D eigenvalue weighted by Crippen LogP contribution is -2.41. The van der Waals surface area contributed by atoms with Gasteiger partial charge in [0.1, 0.15) is 17.9 Å². The van der Waals surface area contributed by atoms with Gasteiger partial charge in [-0.3, -0.25) is 4.79 Å². The summed E-state index contributed by atoms with van der Waals surface area (Å²) in [7, 11) is -3.24. The molecule has 0 saturated heterocycles. The molecule has 174 valence electrons. The molecule has 3 rings (SSSR count). The number of nitrogens with one attached hydrogen (secondary N) is 2. The number of hydrogen-bond donors (Lipinski definition) is 2. The molecule has 3 aromatic rings. The Kier molecular flexibility index (Phi) is 6.76. The van der Waals surface area contributed by atoms with Gasteiger partial charge in [0.15, 0.2) is 5.82 Å². The molecular formula is C19H15F4N5O4S. The third-order valence-electron chi connectivity index (χ3n) is 4.02. The zero-order valence-corrected chi connectivity index (χ0v) is 17.5. The first-order valence-corrected chi connectivity index (χ1v) is 10.6. The lowest BCUT2D eigenvalue weighted by atomic mass is 10.2. The molecule has 14 heteroatoms. The Hall–Kier alpha value is -3.81. The Labute approximate surface area is 184 Å². The number of benzene rings is 2. The van der Waals surface area contributed by atoms with Gasteiger partial charge in [-0.1, -0.05) is 12.1 Å². The molecule has 33 heavy (non-hydrogen) atoms. The van der Waals surface area contributed by atoms with Crippen molar-refractivity contribution in [1.29, 1.82) is 0 Å². The average molecular weight is 485 g/mol. The smallest absolute Gasteiger partial charge is 0.472 e. The third-order valence-corrected chi connectivity index (χ3v) is 5.23. The molecule has 2 N–H and O–H groups in total. The number of amides is 1. The maximum Gasteiger partial charge on any atom is 0.472 e. The van der Waals surface area contributed by atoms with Gasteiger partial charge in [0.2, 0.25) is 16.0 Å². The van der Waals surface area contributed by atoms with Crippen LogP contribution in [0.4, 0.5) is 29.2 Å². The van der Waals surface area contributed by atoms with Gasteiger partial charge in [0, 0.05) is 11.8 Å². The molecule has 0 unspecified atom stereocenters. The van der Waals surface area contributed by atoms with Crippen molar-refractivity contribution in [1.82, 2.24) is 19.7 Å². The van der Waals surface area contributed by atoms with E-state index in [2.05, 4.69) is 20.3 Å². The van der Waals surface area contributed by atoms with Gasteiger partial charge < -0.3 is 10.1 Å². The van der Waals surface area contributed by atoms with Crippen molar-refractivity contribution >= 4 is 27.6 Å². The van der Waals surface area contributed by atoms with E-state index in [1.165, 1.54) is 49.8 Å². The Morgan fingerprint density at radius 1 is 1.12 bits per heavy atom. The molecule has 9 nitrogen and oxygen atoms in total. The highest BCUT2D eigenvalue weighted by molar-refractivity contribution is 7.89. The second-order valence-corrected chi connectivity index (χ2v) is 8.21. The van der Waals surface area contributed by atoms with E-state index in [9.17, 15) is 30.8 Å². The largest absolute Gasteiger partial charge is 0.496 e. The van der Waals surface area contributed by atoms with Gasteiger partial charge in [-0.05, 0) is 29.8 Å². The molecular weight excluding hydrogens is 470 g/mol. The standard InChI is InChI=1S/C19H15F4N5O4S/c1-32-15-8-12(20)5-6-14(15)16-24-10-25-18(27-16)26-13-4-2-3-11(7-13)9-33(30,31)28-17(29)19(21,22)23/h2-8,10H,9H2,1H3,(H,28,29)(H,24,25,26,27). The van der Waals surface area contributed by atoms with Crippen molar-refractivity contribution in [2.45, 2.75) is 11.9 Å². The number of aromatic nitrogens is 3. The van der Waals surface area contributed by atoms with E-state index in [1.807, 2.05) is 0 Å². The van der Waals surface area contributed by atoms with Crippen LogP contribution in [0.15, 0.2) is 48.8 Å². The highest BCUT2D eigenvalue weighted by Gasteiger charge is 2.41. The molecule has 0 aliphatic heterocycles. The number of rotatable bonds is 7. The van der Waals surface area contributed by atoms with Gasteiger partial charge in [0.25, 0.3) is 0 Å². The lowest BCUT2D eigenvalue weighted by molar-refractivity contribution is -0.171. The Bertz CT molecular complexity index is 1290. The Morgan fingerprint density at radius 3 is 2.58 bits per heavy atom. The monoisotopic (exact) mass is 485 g/mol. The minimum atomic E-state index is -5.33. The number of halogens is 4. The number of nitrogens with zero attached hydrogens (tertiary/aromatic N) is 3. The summed E-state index contributed by atoms with van der Waals surface area (Å²) in [6.07, 6.45) is -4.14. The highest BCUT2D eigenvalue weighted by Crippen LogP contribution is 2.28. The number of ether oxygens (including phenoxy) is 1. The van der Waals surface area contributed by atoms with E-state index < -0.39 is 33.7 Å². The van der Waals surface area contributed by atoms with Gasteiger partial charge in [-0.25, -0.2) is 27.5 Å². The topological polar surface area (TPSA) is 123 Å². The summed E-state index contributed by atoms with van der Waals surface area (Å²) in [4.78, 5) is 23.1. The van der Waals surface area contributed by atoms with Crippen LogP contribution >= 0.6 is 0 Å². The molecule has 0 atom stereocenters. The van der Waals surface area contributed by atoms with Gasteiger partial charge in [-0.15, -0.1) is 0 Å². The molecule has 0 spiro atoms. The average Bonchev–Trinajstić information content (AvgIpc) is 2.72. The number of anilines is 2. The van der Waals surface area contributed by atoms with E-state index >= 15 is 0 Å². The summed E-state index contributed by atoms with van der Waals surface area (Å²) >= 11 is 0. The number of methoxy groups -OCH3 is 1. The molecule has 0 fully saturated rings. The van der Waals surface area contributed by atoms with Crippen molar-refractivity contribution in [2.75, 3.05) is 12.4 Å². The quantitative estimate of drug-likeness (QED) is 0.490. The van der Waals surface area contributed by atoms with Crippen molar-refractivity contribution in [3.8, 4) is 17.1 Å². The SMILES string of the molecule is COc1cc(F)ccc1-c1ncnc(Nc2cccc(CS(=O)(=O)NC(=O)C(F)(F)F)c2)n1. The number of alkyl halides is 3. The van der Waals surface area contributed by atoms with Crippen LogP contribution in [-0.2, 0) is 20.6 Å². The minimum absolute atomic E-state index is 0.0526. The van der Waals surface area contributed by atoms with Crippen LogP contribution in [0.5, 0.6) is 5.75 Å². The first kappa shape index (κ1) is 23.8. The summed E-state index contributed by atoms with van der Waals surface area (Å²) < 4.78 is 80.3. The predicted octanol–water partition coefficient (Wildman–Crippen LogP) is 2.94. The summed E-state index contributed by atoms with van der Waals surface area (Å²) in [6, 6.07) is 9.46. The summed E-state index contributed by atoms with van der Waals surface area (Å²) in [5, 5.41) is 2.81. The number of carbonyl (C=O) groups excluding carboxylic acids is 1. The van der Waals surface area contributed by atoms with Crippen molar-refractivity contribution in [3.63, 3.8) is 0 Å². The zero-order valence-electron chi connectivity index (χ0n) is 16.7. The van der Waals surface area contributed by atoms with Crippen LogP contribution in [0, 0.1) is 5.82 Å². The molecule has 0 aliphatic carbocycles. The van der Waals surface area contributed by atoms with Crippen LogP contribution < -0.4 is 14.8 Å². The molecule has 0 bridgehead atoms. The van der Waals surface area contributed by atoms with E-state index in [0.717, 1.165) is 10.8 Å². The van der Waals surface area contributed by atoms with Crippen LogP contribution in [0.25, 0.3) is 11.4 Å². The number of hydrogen-bond acceptors (Lipinski definition) is 8. The fraction of sp³-hybridized carbons (Fsp3) is 0.158. The zero-order chi connectivity index (χ0) is 24.2. The Morgan fingerprint density at radius 2 is 1.88 bits per heavy atom. The highest BCUT2D eigenvalue weighted by atomic mass is 32.2. The van der Waals surface area contributed by atoms with Gasteiger partial charge in [-0.2, -0.15) is 18.2 Å². The van der Waals surface area contributed by atoms with E-state index in [0.29, 0.717) is 11.3 Å². The van der Waals surface area contributed by atoms with Crippen LogP contribution in [0.2, 0.25) is 0 Å². The number of sulfonamides is 1. The lowest BCUT2D eigenvalue weighted by Gasteiger charge is -2.11. The third kappa shape index (κ3) is 6.35. The molecule has 1 aromatic heterocycles. The van der Waals surface area contributed by atoms with Gasteiger partial charge >= 0.3 is 12.1 Å². The van der Waals surface area contributed by atoms with E-state index in [-0.39, 0.29) is 23.1 Å².